The molecule has 0 spiro atoms. The Labute approximate surface area is 197 Å². The van der Waals surface area contributed by atoms with Crippen molar-refractivity contribution in [1.29, 1.82) is 0 Å². The third kappa shape index (κ3) is 4.50. The summed E-state index contributed by atoms with van der Waals surface area (Å²) >= 11 is 0. The van der Waals surface area contributed by atoms with E-state index in [2.05, 4.69) is 35.6 Å². The largest absolute Gasteiger partial charge is 0.465 e. The van der Waals surface area contributed by atoms with Gasteiger partial charge in [0.25, 0.3) is 5.91 Å². The Balaban J connectivity index is 1.45. The zero-order valence-electron chi connectivity index (χ0n) is 18.7. The molecule has 5 rings (SSSR count). The van der Waals surface area contributed by atoms with Crippen LogP contribution in [0.1, 0.15) is 26.3 Å². The molecule has 4 aromatic carbocycles. The van der Waals surface area contributed by atoms with E-state index >= 15 is 0 Å². The zero-order chi connectivity index (χ0) is 23.5. The molecule has 0 radical (unpaired) electrons. The van der Waals surface area contributed by atoms with Crippen molar-refractivity contribution >= 4 is 39.1 Å². The summed E-state index contributed by atoms with van der Waals surface area (Å²) in [5.41, 5.74) is 2.50. The van der Waals surface area contributed by atoms with Gasteiger partial charge in [-0.05, 0) is 45.8 Å². The van der Waals surface area contributed by atoms with Crippen LogP contribution in [-0.4, -0.2) is 19.0 Å². The summed E-state index contributed by atoms with van der Waals surface area (Å²) < 4.78 is 6.81. The number of esters is 1. The van der Waals surface area contributed by atoms with E-state index in [1.54, 1.807) is 18.3 Å². The Kier molecular flexibility index (Phi) is 5.75. The van der Waals surface area contributed by atoms with Gasteiger partial charge in [-0.25, -0.2) is 4.79 Å². The first-order chi connectivity index (χ1) is 16.6. The molecule has 34 heavy (non-hydrogen) atoms. The molecule has 0 unspecified atom stereocenters. The predicted molar refractivity (Wildman–Crippen MR) is 133 cm³/mol. The maximum atomic E-state index is 13.0. The van der Waals surface area contributed by atoms with E-state index in [0.717, 1.165) is 21.7 Å². The summed E-state index contributed by atoms with van der Waals surface area (Å²) in [7, 11) is 1.34. The average molecular weight is 448 g/mol. The number of amides is 1. The lowest BCUT2D eigenvalue weighted by Gasteiger charge is -2.08. The fraction of sp³-hybridized carbons (Fsp3) is 0.0690. The number of benzene rings is 4. The van der Waals surface area contributed by atoms with Gasteiger partial charge in [0.2, 0.25) is 0 Å². The third-order valence-corrected chi connectivity index (χ3v) is 5.79. The lowest BCUT2D eigenvalue weighted by Crippen LogP contribution is -2.35. The number of methoxy groups -OCH3 is 1. The summed E-state index contributed by atoms with van der Waals surface area (Å²) in [4.78, 5) is 25.3. The Bertz CT molecular complexity index is 1540. The van der Waals surface area contributed by atoms with Crippen molar-refractivity contribution in [2.75, 3.05) is 12.4 Å². The van der Waals surface area contributed by atoms with Crippen molar-refractivity contribution in [3.05, 3.63) is 120 Å². The minimum atomic E-state index is -0.464. The number of carbonyl (C=O) groups excluding carboxylic acids is 2. The average Bonchev–Trinajstić information content (AvgIpc) is 2.87. The molecule has 166 valence electrons. The number of carbonyl (C=O) groups is 2. The van der Waals surface area contributed by atoms with Gasteiger partial charge in [-0.2, -0.15) is 4.57 Å². The van der Waals surface area contributed by atoms with Crippen LogP contribution in [0, 0.1) is 0 Å². The first-order valence-corrected chi connectivity index (χ1v) is 11.0. The summed E-state index contributed by atoms with van der Waals surface area (Å²) in [6.07, 6.45) is 3.55. The molecule has 0 bridgehead atoms. The van der Waals surface area contributed by atoms with Gasteiger partial charge in [-0.1, -0.05) is 66.7 Å². The molecule has 0 aliphatic rings. The fourth-order valence-corrected chi connectivity index (χ4v) is 4.11. The molecule has 1 amide bonds. The van der Waals surface area contributed by atoms with Crippen LogP contribution in [0.15, 0.2) is 103 Å². The molecule has 1 heterocycles. The number of rotatable bonds is 5. The smallest absolute Gasteiger partial charge is 0.344 e. The molecule has 0 aliphatic heterocycles. The number of hydrogen-bond donors (Lipinski definition) is 1. The standard InChI is InChI=1S/C29H22N2O3/c1-34-29(33)26-16-27(30-28(32)25-13-12-22-7-3-5-9-24(22)15-25)19-31(18-26)17-20-10-11-21-6-2-4-8-23(21)14-20/h2-16,18-19H,17H2,1H3/p+1. The molecule has 1 N–H and O–H groups in total. The lowest BCUT2D eigenvalue weighted by atomic mass is 10.1. The Morgan fingerprint density at radius 3 is 2.09 bits per heavy atom. The van der Waals surface area contributed by atoms with Crippen molar-refractivity contribution in [1.82, 2.24) is 0 Å². The van der Waals surface area contributed by atoms with Crippen molar-refractivity contribution in [3.8, 4) is 0 Å². The number of fused-ring (bicyclic) bond motifs is 2. The minimum absolute atomic E-state index is 0.245. The van der Waals surface area contributed by atoms with E-state index in [1.165, 1.54) is 12.5 Å². The topological polar surface area (TPSA) is 59.3 Å². The van der Waals surface area contributed by atoms with Crippen LogP contribution in [-0.2, 0) is 11.3 Å². The SMILES string of the molecule is COC(=O)c1cc(NC(=O)c2ccc3ccccc3c2)c[n+](Cc2ccc3ccccc3c2)c1. The minimum Gasteiger partial charge on any atom is -0.465 e. The lowest BCUT2D eigenvalue weighted by molar-refractivity contribution is -0.687. The summed E-state index contributed by atoms with van der Waals surface area (Å²) in [6, 6.07) is 29.5. The normalized spacial score (nSPS) is 10.9. The number of aromatic nitrogens is 1. The number of nitrogens with zero attached hydrogens (tertiary/aromatic N) is 1. The van der Waals surface area contributed by atoms with Gasteiger partial charge in [0.05, 0.1) is 7.11 Å². The van der Waals surface area contributed by atoms with Crippen molar-refractivity contribution < 1.29 is 18.9 Å². The molecule has 0 aliphatic carbocycles. The van der Waals surface area contributed by atoms with Crippen molar-refractivity contribution in [2.45, 2.75) is 6.54 Å². The second-order valence-electron chi connectivity index (χ2n) is 8.17. The van der Waals surface area contributed by atoms with Gasteiger partial charge in [-0.3, -0.25) is 4.79 Å². The number of ether oxygens (including phenoxy) is 1. The highest BCUT2D eigenvalue weighted by Gasteiger charge is 2.17. The third-order valence-electron chi connectivity index (χ3n) is 5.79. The van der Waals surface area contributed by atoms with Gasteiger partial charge < -0.3 is 10.1 Å². The number of pyridine rings is 1. The molecule has 5 heteroatoms. The summed E-state index contributed by atoms with van der Waals surface area (Å²) in [5, 5.41) is 7.31. The van der Waals surface area contributed by atoms with Crippen LogP contribution in [0.3, 0.4) is 0 Å². The molecule has 5 nitrogen and oxygen atoms in total. The molecule has 0 fully saturated rings. The maximum absolute atomic E-state index is 13.0. The van der Waals surface area contributed by atoms with Crippen molar-refractivity contribution in [2.24, 2.45) is 0 Å². The van der Waals surface area contributed by atoms with Gasteiger partial charge in [0.15, 0.2) is 18.9 Å². The predicted octanol–water partition coefficient (Wildman–Crippen LogP) is 5.37. The maximum Gasteiger partial charge on any atom is 0.344 e. The summed E-state index contributed by atoms with van der Waals surface area (Å²) in [5.74, 6) is -0.709. The molecular formula is C29H23N2O3+. The van der Waals surface area contributed by atoms with Gasteiger partial charge in [-0.15, -0.1) is 0 Å². The number of anilines is 1. The van der Waals surface area contributed by atoms with E-state index in [9.17, 15) is 9.59 Å². The quantitative estimate of drug-likeness (QED) is 0.291. The second kappa shape index (κ2) is 9.16. The molecule has 5 aromatic rings. The second-order valence-corrected chi connectivity index (χ2v) is 8.17. The van der Waals surface area contributed by atoms with Crippen LogP contribution in [0.5, 0.6) is 0 Å². The Morgan fingerprint density at radius 1 is 0.735 bits per heavy atom. The highest BCUT2D eigenvalue weighted by Crippen LogP contribution is 2.18. The van der Waals surface area contributed by atoms with Crippen LogP contribution in [0.2, 0.25) is 0 Å². The van der Waals surface area contributed by atoms with Crippen LogP contribution < -0.4 is 9.88 Å². The monoisotopic (exact) mass is 447 g/mol. The summed E-state index contributed by atoms with van der Waals surface area (Å²) in [6.45, 7) is 0.536. The molecule has 0 saturated carbocycles. The highest BCUT2D eigenvalue weighted by molar-refractivity contribution is 6.06. The van der Waals surface area contributed by atoms with E-state index in [-0.39, 0.29) is 5.91 Å². The molecule has 0 saturated heterocycles. The van der Waals surface area contributed by atoms with E-state index in [4.69, 9.17) is 4.74 Å². The van der Waals surface area contributed by atoms with E-state index < -0.39 is 5.97 Å². The van der Waals surface area contributed by atoms with E-state index in [1.807, 2.05) is 59.3 Å². The fourth-order valence-electron chi connectivity index (χ4n) is 4.11. The first kappa shape index (κ1) is 21.3. The molecular weight excluding hydrogens is 424 g/mol. The molecule has 0 atom stereocenters. The van der Waals surface area contributed by atoms with Gasteiger partial charge in [0.1, 0.15) is 11.3 Å². The Hall–Kier alpha value is -4.51. The van der Waals surface area contributed by atoms with Crippen molar-refractivity contribution in [3.63, 3.8) is 0 Å². The van der Waals surface area contributed by atoms with Gasteiger partial charge in [0, 0.05) is 11.1 Å². The number of nitrogens with one attached hydrogen (secondary N) is 1. The Morgan fingerprint density at radius 2 is 1.38 bits per heavy atom. The zero-order valence-corrected chi connectivity index (χ0v) is 18.7. The van der Waals surface area contributed by atoms with Crippen LogP contribution in [0.4, 0.5) is 5.69 Å². The highest BCUT2D eigenvalue weighted by atomic mass is 16.5. The van der Waals surface area contributed by atoms with Crippen LogP contribution in [0.25, 0.3) is 21.5 Å². The molecule has 1 aromatic heterocycles. The first-order valence-electron chi connectivity index (χ1n) is 11.0. The van der Waals surface area contributed by atoms with Gasteiger partial charge >= 0.3 is 5.97 Å². The van der Waals surface area contributed by atoms with Crippen LogP contribution >= 0.6 is 0 Å². The number of hydrogen-bond acceptors (Lipinski definition) is 3. The van der Waals surface area contributed by atoms with E-state index in [0.29, 0.717) is 23.4 Å².